The first-order chi connectivity index (χ1) is 18.7. The molecule has 1 saturated heterocycles. The molecule has 1 atom stereocenters. The smallest absolute Gasteiger partial charge is 0.301 e. The number of aliphatic hydroxyl groups is 1. The molecular formula is C29H25ClN2O6S. The highest BCUT2D eigenvalue weighted by atomic mass is 35.5. The molecule has 0 spiro atoms. The van der Waals surface area contributed by atoms with Gasteiger partial charge in [-0.2, -0.15) is 0 Å². The van der Waals surface area contributed by atoms with Gasteiger partial charge in [-0.1, -0.05) is 40.6 Å². The summed E-state index contributed by atoms with van der Waals surface area (Å²) in [5.74, 6) is -0.902. The molecule has 0 aliphatic carbocycles. The van der Waals surface area contributed by atoms with Gasteiger partial charge in [0.25, 0.3) is 5.78 Å². The number of ketones is 1. The van der Waals surface area contributed by atoms with Gasteiger partial charge in [-0.3, -0.25) is 14.5 Å². The average molecular weight is 565 g/mol. The number of benzene rings is 3. The summed E-state index contributed by atoms with van der Waals surface area (Å²) in [7, 11) is 4.44. The average Bonchev–Trinajstić information content (AvgIpc) is 3.46. The summed E-state index contributed by atoms with van der Waals surface area (Å²) in [5, 5.41) is 12.4. The second kappa shape index (κ2) is 10.2. The number of rotatable bonds is 6. The van der Waals surface area contributed by atoms with Crippen LogP contribution in [0.1, 0.15) is 28.3 Å². The van der Waals surface area contributed by atoms with Gasteiger partial charge in [0.2, 0.25) is 5.75 Å². The maximum absolute atomic E-state index is 13.6. The lowest BCUT2D eigenvalue weighted by molar-refractivity contribution is -0.132. The zero-order valence-corrected chi connectivity index (χ0v) is 23.4. The van der Waals surface area contributed by atoms with E-state index in [2.05, 4.69) is 4.98 Å². The molecule has 5 rings (SSSR count). The normalized spacial score (nSPS) is 16.7. The highest BCUT2D eigenvalue weighted by molar-refractivity contribution is 7.22. The molecule has 2 heterocycles. The Bertz CT molecular complexity index is 1650. The number of ether oxygens (including phenoxy) is 3. The first kappa shape index (κ1) is 26.5. The summed E-state index contributed by atoms with van der Waals surface area (Å²) in [5.41, 5.74) is 3.13. The number of aromatic nitrogens is 1. The molecule has 8 nitrogen and oxygen atoms in total. The first-order valence-corrected chi connectivity index (χ1v) is 13.1. The van der Waals surface area contributed by atoms with E-state index in [0.29, 0.717) is 38.9 Å². The van der Waals surface area contributed by atoms with Crippen molar-refractivity contribution in [2.24, 2.45) is 0 Å². The molecule has 200 valence electrons. The third-order valence-corrected chi connectivity index (χ3v) is 7.89. The molecule has 1 aliphatic rings. The molecule has 1 N–H and O–H groups in total. The summed E-state index contributed by atoms with van der Waals surface area (Å²) in [4.78, 5) is 33.2. The van der Waals surface area contributed by atoms with E-state index in [1.807, 2.05) is 26.0 Å². The second-order valence-corrected chi connectivity index (χ2v) is 10.5. The van der Waals surface area contributed by atoms with Gasteiger partial charge in [0.05, 0.1) is 43.2 Å². The van der Waals surface area contributed by atoms with Crippen LogP contribution in [0.4, 0.5) is 5.13 Å². The van der Waals surface area contributed by atoms with Crippen LogP contribution in [0.3, 0.4) is 0 Å². The molecule has 1 aliphatic heterocycles. The number of thiazole rings is 1. The SMILES string of the molecule is COc1cc(C2C(=C(O)c3cc(C)ccc3C)C(=O)C(=O)N2c2nc3ccc(Cl)cc3s2)cc(OC)c1OC. The van der Waals surface area contributed by atoms with Crippen LogP contribution in [-0.2, 0) is 9.59 Å². The van der Waals surface area contributed by atoms with Crippen molar-refractivity contribution < 1.29 is 28.9 Å². The van der Waals surface area contributed by atoms with E-state index in [4.69, 9.17) is 25.8 Å². The monoisotopic (exact) mass is 564 g/mol. The van der Waals surface area contributed by atoms with Gasteiger partial charge in [-0.15, -0.1) is 0 Å². The Labute approximate surface area is 234 Å². The number of methoxy groups -OCH3 is 3. The lowest BCUT2D eigenvalue weighted by Gasteiger charge is -2.24. The van der Waals surface area contributed by atoms with Crippen molar-refractivity contribution in [3.05, 3.63) is 81.4 Å². The van der Waals surface area contributed by atoms with Crippen LogP contribution in [0.2, 0.25) is 5.02 Å². The molecule has 0 radical (unpaired) electrons. The van der Waals surface area contributed by atoms with Gasteiger partial charge in [0.1, 0.15) is 5.76 Å². The quantitative estimate of drug-likeness (QED) is 0.169. The molecule has 39 heavy (non-hydrogen) atoms. The van der Waals surface area contributed by atoms with Gasteiger partial charge in [0.15, 0.2) is 16.6 Å². The topological polar surface area (TPSA) is 98.2 Å². The highest BCUT2D eigenvalue weighted by Crippen LogP contribution is 2.48. The highest BCUT2D eigenvalue weighted by Gasteiger charge is 2.48. The van der Waals surface area contributed by atoms with E-state index in [9.17, 15) is 14.7 Å². The Kier molecular flexibility index (Phi) is 6.96. The van der Waals surface area contributed by atoms with Crippen molar-refractivity contribution in [3.8, 4) is 17.2 Å². The van der Waals surface area contributed by atoms with E-state index in [1.54, 1.807) is 36.4 Å². The fourth-order valence-corrected chi connectivity index (χ4v) is 6.00. The van der Waals surface area contributed by atoms with E-state index in [1.165, 1.54) is 37.6 Å². The Morgan fingerprint density at radius 1 is 0.974 bits per heavy atom. The van der Waals surface area contributed by atoms with Gasteiger partial charge in [0, 0.05) is 10.6 Å². The van der Waals surface area contributed by atoms with Crippen LogP contribution < -0.4 is 19.1 Å². The van der Waals surface area contributed by atoms with Crippen molar-refractivity contribution in [2.75, 3.05) is 26.2 Å². The number of nitrogens with zero attached hydrogens (tertiary/aromatic N) is 2. The molecule has 1 fully saturated rings. The summed E-state index contributed by atoms with van der Waals surface area (Å²) >= 11 is 7.41. The zero-order chi connectivity index (χ0) is 28.0. The number of Topliss-reactive ketones (excluding diaryl/α,β-unsaturated/α-hetero) is 1. The minimum absolute atomic E-state index is 0.0692. The number of halogens is 1. The number of hydrogen-bond acceptors (Lipinski definition) is 8. The summed E-state index contributed by atoms with van der Waals surface area (Å²) in [6.07, 6.45) is 0. The predicted octanol–water partition coefficient (Wildman–Crippen LogP) is 6.22. The minimum atomic E-state index is -1.03. The summed E-state index contributed by atoms with van der Waals surface area (Å²) < 4.78 is 17.3. The maximum Gasteiger partial charge on any atom is 0.301 e. The van der Waals surface area contributed by atoms with Crippen molar-refractivity contribution in [3.63, 3.8) is 0 Å². The molecule has 0 saturated carbocycles. The summed E-state index contributed by atoms with van der Waals surface area (Å²) in [6.45, 7) is 3.72. The summed E-state index contributed by atoms with van der Waals surface area (Å²) in [6, 6.07) is 13.0. The van der Waals surface area contributed by atoms with Crippen LogP contribution in [-0.4, -0.2) is 43.1 Å². The molecule has 1 aromatic heterocycles. The third kappa shape index (κ3) is 4.47. The van der Waals surface area contributed by atoms with Crippen LogP contribution >= 0.6 is 22.9 Å². The Morgan fingerprint density at radius 2 is 1.67 bits per heavy atom. The number of aliphatic hydroxyl groups excluding tert-OH is 1. The van der Waals surface area contributed by atoms with E-state index in [-0.39, 0.29) is 16.5 Å². The number of hydrogen-bond donors (Lipinski definition) is 1. The largest absolute Gasteiger partial charge is 0.507 e. The van der Waals surface area contributed by atoms with Gasteiger partial charge in [-0.05, 0) is 61.4 Å². The third-order valence-electron chi connectivity index (χ3n) is 6.64. The van der Waals surface area contributed by atoms with Gasteiger partial charge in [-0.25, -0.2) is 4.98 Å². The lowest BCUT2D eigenvalue weighted by Crippen LogP contribution is -2.29. The molecular weight excluding hydrogens is 540 g/mol. The van der Waals surface area contributed by atoms with Crippen molar-refractivity contribution >= 4 is 55.7 Å². The fraction of sp³-hybridized carbons (Fsp3) is 0.207. The van der Waals surface area contributed by atoms with Crippen LogP contribution in [0.5, 0.6) is 17.2 Å². The molecule has 3 aromatic carbocycles. The van der Waals surface area contributed by atoms with E-state index < -0.39 is 17.7 Å². The minimum Gasteiger partial charge on any atom is -0.507 e. The fourth-order valence-electron chi connectivity index (χ4n) is 4.73. The van der Waals surface area contributed by atoms with Gasteiger partial charge >= 0.3 is 5.91 Å². The Morgan fingerprint density at radius 3 is 2.31 bits per heavy atom. The number of carbonyl (C=O) groups is 2. The molecule has 4 aromatic rings. The molecule has 10 heteroatoms. The van der Waals surface area contributed by atoms with Crippen molar-refractivity contribution in [1.82, 2.24) is 4.98 Å². The van der Waals surface area contributed by atoms with Crippen LogP contribution in [0.15, 0.2) is 54.1 Å². The van der Waals surface area contributed by atoms with Crippen molar-refractivity contribution in [1.29, 1.82) is 0 Å². The zero-order valence-electron chi connectivity index (χ0n) is 21.9. The lowest BCUT2D eigenvalue weighted by atomic mass is 9.93. The Hall–Kier alpha value is -4.08. The van der Waals surface area contributed by atoms with Crippen molar-refractivity contribution in [2.45, 2.75) is 19.9 Å². The second-order valence-electron chi connectivity index (χ2n) is 9.05. The number of fused-ring (bicyclic) bond motifs is 1. The number of aryl methyl sites for hydroxylation is 2. The van der Waals surface area contributed by atoms with Crippen LogP contribution in [0, 0.1) is 13.8 Å². The van der Waals surface area contributed by atoms with Gasteiger partial charge < -0.3 is 19.3 Å². The number of amides is 1. The van der Waals surface area contributed by atoms with Crippen LogP contribution in [0.25, 0.3) is 16.0 Å². The number of carbonyl (C=O) groups excluding carboxylic acids is 2. The maximum atomic E-state index is 13.6. The Balaban J connectivity index is 1.81. The standard InChI is InChI=1S/C29H25ClN2O6S/c1-14-6-7-15(2)18(10-14)25(33)23-24(16-11-20(36-3)27(38-5)21(12-16)37-4)32(28(35)26(23)34)29-31-19-9-8-17(30)13-22(19)39-29/h6-13,24,33H,1-5H3. The predicted molar refractivity (Wildman–Crippen MR) is 151 cm³/mol. The van der Waals surface area contributed by atoms with E-state index in [0.717, 1.165) is 15.8 Å². The first-order valence-electron chi connectivity index (χ1n) is 11.9. The molecule has 1 unspecified atom stereocenters. The number of anilines is 1. The molecule has 0 bridgehead atoms. The van der Waals surface area contributed by atoms with E-state index >= 15 is 0 Å². The molecule has 1 amide bonds.